The Morgan fingerprint density at radius 3 is 2.86 bits per heavy atom. The van der Waals surface area contributed by atoms with Crippen LogP contribution in [-0.4, -0.2) is 29.6 Å². The van der Waals surface area contributed by atoms with Crippen molar-refractivity contribution in [3.8, 4) is 0 Å². The molecule has 0 aromatic heterocycles. The van der Waals surface area contributed by atoms with E-state index in [4.69, 9.17) is 18.0 Å². The van der Waals surface area contributed by atoms with Gasteiger partial charge in [-0.2, -0.15) is 0 Å². The number of thiocarbonyl (C=S) groups is 1. The highest BCUT2D eigenvalue weighted by Crippen LogP contribution is 2.18. The quantitative estimate of drug-likeness (QED) is 0.457. The first-order valence-electron chi connectivity index (χ1n) is 4.71. The Balaban J connectivity index is 2.58. The molecule has 1 unspecified atom stereocenters. The molecule has 0 amide bonds. The molecule has 4 N–H and O–H groups in total. The molecule has 0 aromatic rings. The molecule has 0 fully saturated rings. The summed E-state index contributed by atoms with van der Waals surface area (Å²) in [5.41, 5.74) is 13.7. The fourth-order valence-corrected chi connectivity index (χ4v) is 1.60. The second-order valence-electron chi connectivity index (χ2n) is 3.84. The van der Waals surface area contributed by atoms with Crippen LogP contribution in [-0.2, 0) is 0 Å². The highest BCUT2D eigenvalue weighted by atomic mass is 32.1. The number of hydrazine groups is 1. The Morgan fingerprint density at radius 1 is 1.64 bits per heavy atom. The molecule has 0 aromatic carbocycles. The smallest absolute Gasteiger partial charge is 0.182 e. The Kier molecular flexibility index (Phi) is 3.71. The third kappa shape index (κ3) is 2.85. The van der Waals surface area contributed by atoms with E-state index in [1.807, 2.05) is 0 Å². The summed E-state index contributed by atoms with van der Waals surface area (Å²) in [6.45, 7) is 5.31. The number of nitrogens with zero attached hydrogens (tertiary/aromatic N) is 1. The van der Waals surface area contributed by atoms with E-state index in [0.717, 1.165) is 13.0 Å². The molecule has 0 radical (unpaired) electrons. The van der Waals surface area contributed by atoms with Gasteiger partial charge in [-0.05, 0) is 38.7 Å². The lowest BCUT2D eigenvalue weighted by Gasteiger charge is -2.32. The first-order chi connectivity index (χ1) is 6.50. The predicted molar refractivity (Wildman–Crippen MR) is 62.5 cm³/mol. The molecule has 1 aliphatic heterocycles. The maximum absolute atomic E-state index is 5.34. The molecule has 1 heterocycles. The van der Waals surface area contributed by atoms with E-state index in [9.17, 15) is 0 Å². The minimum absolute atomic E-state index is 0.275. The van der Waals surface area contributed by atoms with Gasteiger partial charge in [0.15, 0.2) is 5.11 Å². The maximum atomic E-state index is 5.34. The van der Waals surface area contributed by atoms with E-state index in [-0.39, 0.29) is 5.11 Å². The van der Waals surface area contributed by atoms with E-state index >= 15 is 0 Å². The van der Waals surface area contributed by atoms with Gasteiger partial charge in [0.25, 0.3) is 0 Å². The zero-order valence-electron chi connectivity index (χ0n) is 8.92. The largest absolute Gasteiger partial charge is 0.375 e. The van der Waals surface area contributed by atoms with Crippen molar-refractivity contribution >= 4 is 17.3 Å². The highest BCUT2D eigenvalue weighted by Gasteiger charge is 2.19. The first kappa shape index (κ1) is 11.3. The zero-order valence-corrected chi connectivity index (χ0v) is 9.74. The van der Waals surface area contributed by atoms with Crippen LogP contribution in [0.15, 0.2) is 11.3 Å². The van der Waals surface area contributed by atoms with Crippen LogP contribution in [0, 0.1) is 0 Å². The summed E-state index contributed by atoms with van der Waals surface area (Å²) in [5, 5.41) is 0.275. The van der Waals surface area contributed by atoms with Gasteiger partial charge in [0.05, 0.1) is 0 Å². The number of nitrogens with one attached hydrogen (secondary N) is 2. The molecular weight excluding hydrogens is 196 g/mol. The fraction of sp³-hybridized carbons (Fsp3) is 0.667. The standard InChI is InChI=1S/C9H18N4S/c1-6-5-13(3)7(2)4-8(6)11-12-9(10)14/h7,11H,4-5H2,1-3H3,(H3,10,12,14). The van der Waals surface area contributed by atoms with Crippen LogP contribution in [0.4, 0.5) is 0 Å². The summed E-state index contributed by atoms with van der Waals surface area (Å²) in [6.07, 6.45) is 0.998. The summed E-state index contributed by atoms with van der Waals surface area (Å²) >= 11 is 4.73. The van der Waals surface area contributed by atoms with Gasteiger partial charge in [-0.25, -0.2) is 0 Å². The van der Waals surface area contributed by atoms with Gasteiger partial charge in [-0.1, -0.05) is 0 Å². The van der Waals surface area contributed by atoms with E-state index in [1.165, 1.54) is 11.3 Å². The van der Waals surface area contributed by atoms with Gasteiger partial charge >= 0.3 is 0 Å². The lowest BCUT2D eigenvalue weighted by molar-refractivity contribution is 0.254. The summed E-state index contributed by atoms with van der Waals surface area (Å²) in [6, 6.07) is 0.550. The minimum Gasteiger partial charge on any atom is -0.375 e. The molecular formula is C9H18N4S. The predicted octanol–water partition coefficient (Wildman–Crippen LogP) is 0.322. The van der Waals surface area contributed by atoms with E-state index in [2.05, 4.69) is 36.6 Å². The third-order valence-electron chi connectivity index (χ3n) is 2.59. The van der Waals surface area contributed by atoms with Crippen molar-refractivity contribution < 1.29 is 0 Å². The summed E-state index contributed by atoms with van der Waals surface area (Å²) in [7, 11) is 2.13. The SMILES string of the molecule is CC1=C(NNC(N)=S)CC(C)N(C)C1. The number of nitrogens with two attached hydrogens (primary N) is 1. The van der Waals surface area contributed by atoms with Gasteiger partial charge in [-0.15, -0.1) is 0 Å². The lowest BCUT2D eigenvalue weighted by atomic mass is 10.0. The number of hydrogen-bond acceptors (Lipinski definition) is 3. The highest BCUT2D eigenvalue weighted by molar-refractivity contribution is 7.80. The van der Waals surface area contributed by atoms with Crippen LogP contribution < -0.4 is 16.6 Å². The van der Waals surface area contributed by atoms with Crippen molar-refractivity contribution in [3.05, 3.63) is 11.3 Å². The Morgan fingerprint density at radius 2 is 2.29 bits per heavy atom. The van der Waals surface area contributed by atoms with Gasteiger partial charge < -0.3 is 11.2 Å². The molecule has 4 nitrogen and oxygen atoms in total. The molecule has 1 atom stereocenters. The molecule has 1 rings (SSSR count). The Labute approximate surface area is 90.5 Å². The van der Waals surface area contributed by atoms with Crippen molar-refractivity contribution in [2.45, 2.75) is 26.3 Å². The summed E-state index contributed by atoms with van der Waals surface area (Å²) < 4.78 is 0. The molecule has 1 aliphatic rings. The second kappa shape index (κ2) is 4.61. The molecule has 0 saturated heterocycles. The zero-order chi connectivity index (χ0) is 10.7. The molecule has 0 saturated carbocycles. The molecule has 0 spiro atoms. The monoisotopic (exact) mass is 214 g/mol. The third-order valence-corrected chi connectivity index (χ3v) is 2.69. The fourth-order valence-electron chi connectivity index (χ4n) is 1.55. The maximum Gasteiger partial charge on any atom is 0.182 e. The van der Waals surface area contributed by atoms with Crippen LogP contribution in [0.3, 0.4) is 0 Å². The van der Waals surface area contributed by atoms with Crippen LogP contribution in [0.5, 0.6) is 0 Å². The molecule has 0 bridgehead atoms. The van der Waals surface area contributed by atoms with Crippen LogP contribution in [0.25, 0.3) is 0 Å². The minimum atomic E-state index is 0.275. The second-order valence-corrected chi connectivity index (χ2v) is 4.28. The Bertz CT molecular complexity index is 262. The van der Waals surface area contributed by atoms with Crippen molar-refractivity contribution in [1.29, 1.82) is 0 Å². The number of likely N-dealkylation sites (N-methyl/N-ethyl adjacent to an activating group) is 1. The number of rotatable bonds is 2. The van der Waals surface area contributed by atoms with E-state index < -0.39 is 0 Å². The average molecular weight is 214 g/mol. The van der Waals surface area contributed by atoms with Crippen molar-refractivity contribution in [3.63, 3.8) is 0 Å². The van der Waals surface area contributed by atoms with E-state index in [0.29, 0.717) is 6.04 Å². The van der Waals surface area contributed by atoms with Gasteiger partial charge in [0.2, 0.25) is 0 Å². The van der Waals surface area contributed by atoms with Gasteiger partial charge in [0.1, 0.15) is 0 Å². The number of hydrogen-bond donors (Lipinski definition) is 3. The summed E-state index contributed by atoms with van der Waals surface area (Å²) in [5.74, 6) is 0. The van der Waals surface area contributed by atoms with Crippen LogP contribution in [0.2, 0.25) is 0 Å². The van der Waals surface area contributed by atoms with Crippen LogP contribution >= 0.6 is 12.2 Å². The first-order valence-corrected chi connectivity index (χ1v) is 5.12. The van der Waals surface area contributed by atoms with Crippen LogP contribution in [0.1, 0.15) is 20.3 Å². The van der Waals surface area contributed by atoms with Gasteiger partial charge in [-0.3, -0.25) is 10.3 Å². The van der Waals surface area contributed by atoms with Gasteiger partial charge in [0, 0.05) is 24.7 Å². The average Bonchev–Trinajstić information content (AvgIpc) is 2.09. The Hall–Kier alpha value is -0.810. The topological polar surface area (TPSA) is 53.3 Å². The normalized spacial score (nSPS) is 23.5. The molecule has 80 valence electrons. The lowest BCUT2D eigenvalue weighted by Crippen LogP contribution is -2.45. The van der Waals surface area contributed by atoms with Crippen molar-refractivity contribution in [2.24, 2.45) is 5.73 Å². The van der Waals surface area contributed by atoms with Crippen molar-refractivity contribution in [1.82, 2.24) is 15.8 Å². The molecule has 14 heavy (non-hydrogen) atoms. The van der Waals surface area contributed by atoms with Crippen molar-refractivity contribution in [2.75, 3.05) is 13.6 Å². The molecule has 5 heteroatoms. The summed E-state index contributed by atoms with van der Waals surface area (Å²) in [4.78, 5) is 2.32. The molecule has 0 aliphatic carbocycles. The van der Waals surface area contributed by atoms with E-state index in [1.54, 1.807) is 0 Å².